The second-order valence-corrected chi connectivity index (χ2v) is 4.76. The van der Waals surface area contributed by atoms with E-state index in [1.807, 2.05) is 0 Å². The minimum Gasteiger partial charge on any atom is -0.481 e. The SMILES string of the molecule is CCC(=O)NCC1(CC(=O)O)CCCCC1. The highest BCUT2D eigenvalue weighted by Gasteiger charge is 2.34. The topological polar surface area (TPSA) is 66.4 Å². The Kier molecular flexibility index (Phi) is 4.77. The lowest BCUT2D eigenvalue weighted by Crippen LogP contribution is -2.40. The third-order valence-corrected chi connectivity index (χ3v) is 3.42. The molecule has 0 atom stereocenters. The summed E-state index contributed by atoms with van der Waals surface area (Å²) < 4.78 is 0. The molecule has 0 radical (unpaired) electrons. The van der Waals surface area contributed by atoms with Crippen molar-refractivity contribution in [2.45, 2.75) is 51.9 Å². The number of carboxylic acids is 1. The van der Waals surface area contributed by atoms with Crippen molar-refractivity contribution >= 4 is 11.9 Å². The lowest BCUT2D eigenvalue weighted by Gasteiger charge is -2.36. The molecule has 1 aliphatic rings. The fraction of sp³-hybridized carbons (Fsp3) is 0.833. The lowest BCUT2D eigenvalue weighted by atomic mass is 9.71. The molecule has 0 aromatic rings. The van der Waals surface area contributed by atoms with Crippen LogP contribution in [0.25, 0.3) is 0 Å². The molecule has 0 spiro atoms. The van der Waals surface area contributed by atoms with E-state index in [4.69, 9.17) is 5.11 Å². The van der Waals surface area contributed by atoms with Crippen LogP contribution in [0.2, 0.25) is 0 Å². The number of carbonyl (C=O) groups is 2. The van der Waals surface area contributed by atoms with Crippen molar-refractivity contribution in [1.82, 2.24) is 5.32 Å². The van der Waals surface area contributed by atoms with Gasteiger partial charge in [-0.05, 0) is 18.3 Å². The molecule has 0 aromatic heterocycles. The zero-order chi connectivity index (χ0) is 12.0. The third kappa shape index (κ3) is 3.83. The van der Waals surface area contributed by atoms with Crippen molar-refractivity contribution in [3.63, 3.8) is 0 Å². The van der Waals surface area contributed by atoms with Gasteiger partial charge in [0.25, 0.3) is 0 Å². The van der Waals surface area contributed by atoms with Crippen LogP contribution in [0.1, 0.15) is 51.9 Å². The Morgan fingerprint density at radius 1 is 1.25 bits per heavy atom. The van der Waals surface area contributed by atoms with Gasteiger partial charge < -0.3 is 10.4 Å². The van der Waals surface area contributed by atoms with Crippen molar-refractivity contribution in [3.8, 4) is 0 Å². The summed E-state index contributed by atoms with van der Waals surface area (Å²) in [6.07, 6.45) is 5.82. The normalized spacial score (nSPS) is 19.1. The molecular weight excluding hydrogens is 206 g/mol. The zero-order valence-electron chi connectivity index (χ0n) is 9.92. The van der Waals surface area contributed by atoms with Crippen molar-refractivity contribution in [3.05, 3.63) is 0 Å². The summed E-state index contributed by atoms with van der Waals surface area (Å²) in [5, 5.41) is 11.8. The smallest absolute Gasteiger partial charge is 0.303 e. The second kappa shape index (κ2) is 5.87. The molecule has 0 heterocycles. The van der Waals surface area contributed by atoms with Gasteiger partial charge >= 0.3 is 5.97 Å². The lowest BCUT2D eigenvalue weighted by molar-refractivity contribution is -0.140. The van der Waals surface area contributed by atoms with E-state index in [1.54, 1.807) is 6.92 Å². The van der Waals surface area contributed by atoms with Gasteiger partial charge in [-0.1, -0.05) is 26.2 Å². The van der Waals surface area contributed by atoms with E-state index in [0.29, 0.717) is 13.0 Å². The zero-order valence-corrected chi connectivity index (χ0v) is 9.92. The largest absolute Gasteiger partial charge is 0.481 e. The van der Waals surface area contributed by atoms with Crippen LogP contribution in [0.3, 0.4) is 0 Å². The molecule has 0 bridgehead atoms. The number of nitrogens with one attached hydrogen (secondary N) is 1. The Hall–Kier alpha value is -1.06. The maximum atomic E-state index is 11.2. The number of carbonyl (C=O) groups excluding carboxylic acids is 1. The maximum absolute atomic E-state index is 11.2. The van der Waals surface area contributed by atoms with Gasteiger partial charge in [0.2, 0.25) is 5.91 Å². The fourth-order valence-electron chi connectivity index (χ4n) is 2.45. The Labute approximate surface area is 96.4 Å². The molecule has 92 valence electrons. The first-order valence-corrected chi connectivity index (χ1v) is 6.06. The van der Waals surface area contributed by atoms with E-state index < -0.39 is 5.97 Å². The highest BCUT2D eigenvalue weighted by molar-refractivity contribution is 5.75. The van der Waals surface area contributed by atoms with Gasteiger partial charge in [0.15, 0.2) is 0 Å². The number of hydrogen-bond acceptors (Lipinski definition) is 2. The van der Waals surface area contributed by atoms with Crippen molar-refractivity contribution in [2.24, 2.45) is 5.41 Å². The average Bonchev–Trinajstić information content (AvgIpc) is 2.26. The first kappa shape index (κ1) is 13.0. The van der Waals surface area contributed by atoms with Crippen molar-refractivity contribution < 1.29 is 14.7 Å². The van der Waals surface area contributed by atoms with E-state index in [2.05, 4.69) is 5.32 Å². The molecule has 1 amide bonds. The highest BCUT2D eigenvalue weighted by Crippen LogP contribution is 2.38. The first-order valence-electron chi connectivity index (χ1n) is 6.06. The van der Waals surface area contributed by atoms with Gasteiger partial charge in [0.1, 0.15) is 0 Å². The summed E-state index contributed by atoms with van der Waals surface area (Å²) in [7, 11) is 0. The molecule has 1 fully saturated rings. The van der Waals surface area contributed by atoms with Gasteiger partial charge in [0, 0.05) is 13.0 Å². The number of carboxylic acid groups (broad SMARTS) is 1. The molecule has 1 saturated carbocycles. The van der Waals surface area contributed by atoms with Crippen LogP contribution in [0.5, 0.6) is 0 Å². The van der Waals surface area contributed by atoms with Crippen LogP contribution < -0.4 is 5.32 Å². The minimum atomic E-state index is -0.757. The van der Waals surface area contributed by atoms with Crippen LogP contribution in [-0.2, 0) is 9.59 Å². The molecular formula is C12H21NO3. The summed E-state index contributed by atoms with van der Waals surface area (Å²) in [5.74, 6) is -0.747. The van der Waals surface area contributed by atoms with Gasteiger partial charge in [-0.15, -0.1) is 0 Å². The quantitative estimate of drug-likeness (QED) is 0.754. The number of aliphatic carboxylic acids is 1. The van der Waals surface area contributed by atoms with E-state index in [0.717, 1.165) is 25.7 Å². The molecule has 0 saturated heterocycles. The summed E-state index contributed by atoms with van der Waals surface area (Å²) in [6.45, 7) is 2.33. The summed E-state index contributed by atoms with van der Waals surface area (Å²) in [5.41, 5.74) is -0.199. The molecule has 4 nitrogen and oxygen atoms in total. The van der Waals surface area contributed by atoms with Crippen LogP contribution in [0.15, 0.2) is 0 Å². The van der Waals surface area contributed by atoms with Gasteiger partial charge in [-0.25, -0.2) is 0 Å². The van der Waals surface area contributed by atoms with Crippen molar-refractivity contribution in [1.29, 1.82) is 0 Å². The summed E-state index contributed by atoms with van der Waals surface area (Å²) in [6, 6.07) is 0. The second-order valence-electron chi connectivity index (χ2n) is 4.76. The number of rotatable bonds is 5. The van der Waals surface area contributed by atoms with Gasteiger partial charge in [-0.3, -0.25) is 9.59 Å². The maximum Gasteiger partial charge on any atom is 0.303 e. The van der Waals surface area contributed by atoms with Crippen LogP contribution in [0, 0.1) is 5.41 Å². The molecule has 2 N–H and O–H groups in total. The number of amides is 1. The summed E-state index contributed by atoms with van der Waals surface area (Å²) in [4.78, 5) is 22.1. The van der Waals surface area contributed by atoms with Crippen molar-refractivity contribution in [2.75, 3.05) is 6.54 Å². The Morgan fingerprint density at radius 3 is 2.38 bits per heavy atom. The Balaban J connectivity index is 2.55. The Morgan fingerprint density at radius 2 is 1.88 bits per heavy atom. The molecule has 0 unspecified atom stereocenters. The third-order valence-electron chi connectivity index (χ3n) is 3.42. The van der Waals surface area contributed by atoms with Crippen LogP contribution in [0.4, 0.5) is 0 Å². The summed E-state index contributed by atoms with van der Waals surface area (Å²) >= 11 is 0. The first-order chi connectivity index (χ1) is 7.58. The van der Waals surface area contributed by atoms with E-state index >= 15 is 0 Å². The van der Waals surface area contributed by atoms with Crippen LogP contribution >= 0.6 is 0 Å². The van der Waals surface area contributed by atoms with Gasteiger partial charge in [-0.2, -0.15) is 0 Å². The molecule has 4 heteroatoms. The molecule has 16 heavy (non-hydrogen) atoms. The highest BCUT2D eigenvalue weighted by atomic mass is 16.4. The van der Waals surface area contributed by atoms with Gasteiger partial charge in [0.05, 0.1) is 6.42 Å². The number of hydrogen-bond donors (Lipinski definition) is 2. The Bertz CT molecular complexity index is 257. The van der Waals surface area contributed by atoms with E-state index in [-0.39, 0.29) is 17.7 Å². The van der Waals surface area contributed by atoms with E-state index in [1.165, 1.54) is 6.42 Å². The molecule has 0 aromatic carbocycles. The predicted molar refractivity (Wildman–Crippen MR) is 61.1 cm³/mol. The predicted octanol–water partition coefficient (Wildman–Crippen LogP) is 1.94. The van der Waals surface area contributed by atoms with Crippen LogP contribution in [-0.4, -0.2) is 23.5 Å². The standard InChI is InChI=1S/C12H21NO3/c1-2-10(14)13-9-12(8-11(15)16)6-4-3-5-7-12/h2-9H2,1H3,(H,13,14)(H,15,16). The molecule has 1 rings (SSSR count). The monoisotopic (exact) mass is 227 g/mol. The minimum absolute atomic E-state index is 0.00957. The molecule has 0 aliphatic heterocycles. The van der Waals surface area contributed by atoms with E-state index in [9.17, 15) is 9.59 Å². The molecule has 1 aliphatic carbocycles. The fourth-order valence-corrected chi connectivity index (χ4v) is 2.45. The average molecular weight is 227 g/mol.